The lowest BCUT2D eigenvalue weighted by atomic mass is 10.1. The minimum absolute atomic E-state index is 0.136. The smallest absolute Gasteiger partial charge is 0.270 e. The van der Waals surface area contributed by atoms with Gasteiger partial charge in [-0.05, 0) is 43.0 Å². The van der Waals surface area contributed by atoms with E-state index in [2.05, 4.69) is 9.97 Å². The molecule has 3 rings (SSSR count). The van der Waals surface area contributed by atoms with Crippen LogP contribution in [0.15, 0.2) is 58.6 Å². The topological polar surface area (TPSA) is 86.0 Å². The molecule has 0 amide bonds. The number of aldehydes is 1. The van der Waals surface area contributed by atoms with Crippen molar-refractivity contribution in [3.8, 4) is 11.3 Å². The van der Waals surface area contributed by atoms with Gasteiger partial charge in [0.05, 0.1) is 10.6 Å². The highest BCUT2D eigenvalue weighted by Gasteiger charge is 2.13. The summed E-state index contributed by atoms with van der Waals surface area (Å²) < 4.78 is 0. The molecule has 0 aliphatic carbocycles. The van der Waals surface area contributed by atoms with Crippen LogP contribution in [0.3, 0.4) is 0 Å². The van der Waals surface area contributed by atoms with Gasteiger partial charge in [-0.3, -0.25) is 14.9 Å². The standard InChI is InChI=1S/C18H12ClN3O3S/c1-11-8-16(12-2-4-14(19)5-3-12)21-18(20-11)26-17-7-6-15(22(24)25)9-13(17)10-23/h2-10H,1H3. The number of nitro benzene ring substituents is 1. The first kappa shape index (κ1) is 18.0. The van der Waals surface area contributed by atoms with E-state index in [1.807, 2.05) is 25.1 Å². The second kappa shape index (κ2) is 7.63. The molecule has 0 radical (unpaired) electrons. The van der Waals surface area contributed by atoms with Gasteiger partial charge in [0.15, 0.2) is 11.4 Å². The maximum Gasteiger partial charge on any atom is 0.270 e. The normalized spacial score (nSPS) is 10.5. The van der Waals surface area contributed by atoms with Crippen LogP contribution in [0.2, 0.25) is 5.02 Å². The molecule has 0 N–H and O–H groups in total. The molecule has 0 aliphatic rings. The molecular formula is C18H12ClN3O3S. The highest BCUT2D eigenvalue weighted by molar-refractivity contribution is 7.99. The number of nitrogens with zero attached hydrogens (tertiary/aromatic N) is 3. The quantitative estimate of drug-likeness (QED) is 0.266. The fraction of sp³-hybridized carbons (Fsp3) is 0.0556. The van der Waals surface area contributed by atoms with Gasteiger partial charge in [0.2, 0.25) is 0 Å². The number of carbonyl (C=O) groups excluding carboxylic acids is 1. The maximum absolute atomic E-state index is 11.3. The fourth-order valence-electron chi connectivity index (χ4n) is 2.29. The van der Waals surface area contributed by atoms with Crippen LogP contribution in [0.1, 0.15) is 16.1 Å². The Kier molecular flexibility index (Phi) is 5.29. The molecular weight excluding hydrogens is 374 g/mol. The Balaban J connectivity index is 1.97. The van der Waals surface area contributed by atoms with E-state index in [1.165, 1.54) is 30.0 Å². The summed E-state index contributed by atoms with van der Waals surface area (Å²) in [4.78, 5) is 31.1. The number of aromatic nitrogens is 2. The summed E-state index contributed by atoms with van der Waals surface area (Å²) in [6.07, 6.45) is 0.589. The molecule has 6 nitrogen and oxygen atoms in total. The van der Waals surface area contributed by atoms with Gasteiger partial charge in [-0.15, -0.1) is 0 Å². The van der Waals surface area contributed by atoms with Gasteiger partial charge in [0.25, 0.3) is 5.69 Å². The molecule has 0 unspecified atom stereocenters. The van der Waals surface area contributed by atoms with Gasteiger partial charge in [-0.1, -0.05) is 23.7 Å². The monoisotopic (exact) mass is 385 g/mol. The first-order valence-electron chi connectivity index (χ1n) is 7.49. The van der Waals surface area contributed by atoms with Crippen LogP contribution in [-0.4, -0.2) is 21.2 Å². The third-order valence-electron chi connectivity index (χ3n) is 3.51. The molecule has 0 fully saturated rings. The Morgan fingerprint density at radius 1 is 1.12 bits per heavy atom. The zero-order valence-electron chi connectivity index (χ0n) is 13.5. The number of rotatable bonds is 5. The van der Waals surface area contributed by atoms with Crippen LogP contribution in [0, 0.1) is 17.0 Å². The summed E-state index contributed by atoms with van der Waals surface area (Å²) in [6, 6.07) is 13.3. The van der Waals surface area contributed by atoms with Gasteiger partial charge in [-0.2, -0.15) is 0 Å². The lowest BCUT2D eigenvalue weighted by Crippen LogP contribution is -1.96. The lowest BCUT2D eigenvalue weighted by molar-refractivity contribution is -0.384. The lowest BCUT2D eigenvalue weighted by Gasteiger charge is -2.07. The predicted octanol–water partition coefficient (Wildman–Crippen LogP) is 4.98. The molecule has 3 aromatic rings. The third kappa shape index (κ3) is 4.07. The number of benzene rings is 2. The first-order valence-corrected chi connectivity index (χ1v) is 8.69. The van der Waals surface area contributed by atoms with E-state index in [-0.39, 0.29) is 11.3 Å². The van der Waals surface area contributed by atoms with Gasteiger partial charge in [0.1, 0.15) is 0 Å². The fourth-order valence-corrected chi connectivity index (χ4v) is 3.31. The van der Waals surface area contributed by atoms with Crippen molar-refractivity contribution in [2.45, 2.75) is 17.0 Å². The van der Waals surface area contributed by atoms with Crippen molar-refractivity contribution >= 4 is 35.3 Å². The Hall–Kier alpha value is -2.77. The molecule has 0 atom stereocenters. The number of aryl methyl sites for hydroxylation is 1. The molecule has 130 valence electrons. The summed E-state index contributed by atoms with van der Waals surface area (Å²) in [5.74, 6) is 0. The third-order valence-corrected chi connectivity index (χ3v) is 4.71. The molecule has 8 heteroatoms. The van der Waals surface area contributed by atoms with E-state index in [0.717, 1.165) is 17.0 Å². The zero-order chi connectivity index (χ0) is 18.7. The molecule has 0 spiro atoms. The van der Waals surface area contributed by atoms with Gasteiger partial charge >= 0.3 is 0 Å². The molecule has 0 aliphatic heterocycles. The molecule has 2 aromatic carbocycles. The molecule has 0 saturated heterocycles. The number of nitro groups is 1. The Bertz CT molecular complexity index is 993. The molecule has 0 bridgehead atoms. The second-order valence-corrected chi connectivity index (χ2v) is 6.83. The zero-order valence-corrected chi connectivity index (χ0v) is 15.1. The second-order valence-electron chi connectivity index (χ2n) is 5.38. The van der Waals surface area contributed by atoms with Crippen molar-refractivity contribution in [3.05, 3.63) is 74.9 Å². The SMILES string of the molecule is Cc1cc(-c2ccc(Cl)cc2)nc(Sc2ccc([N+](=O)[O-])cc2C=O)n1. The minimum Gasteiger partial charge on any atom is -0.298 e. The van der Waals surface area contributed by atoms with E-state index < -0.39 is 4.92 Å². The van der Waals surface area contributed by atoms with Crippen molar-refractivity contribution in [2.75, 3.05) is 0 Å². The van der Waals surface area contributed by atoms with Crippen molar-refractivity contribution in [3.63, 3.8) is 0 Å². The van der Waals surface area contributed by atoms with E-state index in [0.29, 0.717) is 21.4 Å². The predicted molar refractivity (Wildman–Crippen MR) is 99.8 cm³/mol. The van der Waals surface area contributed by atoms with Crippen molar-refractivity contribution in [1.82, 2.24) is 9.97 Å². The average molecular weight is 386 g/mol. The Labute approximate surface area is 158 Å². The number of non-ortho nitro benzene ring substituents is 1. The summed E-state index contributed by atoms with van der Waals surface area (Å²) in [5, 5.41) is 11.9. The van der Waals surface area contributed by atoms with Gasteiger partial charge < -0.3 is 0 Å². The summed E-state index contributed by atoms with van der Waals surface area (Å²) in [6.45, 7) is 1.85. The van der Waals surface area contributed by atoms with Gasteiger partial charge in [-0.25, -0.2) is 9.97 Å². The van der Waals surface area contributed by atoms with Crippen LogP contribution in [0.25, 0.3) is 11.3 Å². The van der Waals surface area contributed by atoms with Crippen molar-refractivity contribution in [2.24, 2.45) is 0 Å². The van der Waals surface area contributed by atoms with Crippen molar-refractivity contribution < 1.29 is 9.72 Å². The maximum atomic E-state index is 11.3. The van der Waals surface area contributed by atoms with Crippen LogP contribution in [-0.2, 0) is 0 Å². The van der Waals surface area contributed by atoms with Crippen LogP contribution in [0.4, 0.5) is 5.69 Å². The highest BCUT2D eigenvalue weighted by Crippen LogP contribution is 2.31. The Morgan fingerprint density at radius 3 is 2.50 bits per heavy atom. The summed E-state index contributed by atoms with van der Waals surface area (Å²) in [7, 11) is 0. The largest absolute Gasteiger partial charge is 0.298 e. The van der Waals surface area contributed by atoms with Crippen LogP contribution in [0.5, 0.6) is 0 Å². The Morgan fingerprint density at radius 2 is 1.85 bits per heavy atom. The number of hydrogen-bond donors (Lipinski definition) is 0. The molecule has 0 saturated carbocycles. The minimum atomic E-state index is -0.538. The van der Waals surface area contributed by atoms with E-state index in [1.54, 1.807) is 12.1 Å². The molecule has 1 heterocycles. The summed E-state index contributed by atoms with van der Waals surface area (Å²) >= 11 is 7.10. The van der Waals surface area contributed by atoms with E-state index in [9.17, 15) is 14.9 Å². The highest BCUT2D eigenvalue weighted by atomic mass is 35.5. The number of hydrogen-bond acceptors (Lipinski definition) is 6. The summed E-state index contributed by atoms with van der Waals surface area (Å²) in [5.41, 5.74) is 2.47. The number of carbonyl (C=O) groups is 1. The van der Waals surface area contributed by atoms with Crippen molar-refractivity contribution in [1.29, 1.82) is 0 Å². The van der Waals surface area contributed by atoms with E-state index >= 15 is 0 Å². The average Bonchev–Trinajstić information content (AvgIpc) is 2.62. The van der Waals surface area contributed by atoms with E-state index in [4.69, 9.17) is 11.6 Å². The van der Waals surface area contributed by atoms with Crippen LogP contribution >= 0.6 is 23.4 Å². The first-order chi connectivity index (χ1) is 12.5. The van der Waals surface area contributed by atoms with Gasteiger partial charge in [0, 0.05) is 38.9 Å². The molecule has 1 aromatic heterocycles. The molecule has 26 heavy (non-hydrogen) atoms. The number of halogens is 1. The van der Waals surface area contributed by atoms with Crippen LogP contribution < -0.4 is 0 Å².